The maximum absolute atomic E-state index is 12.9. The van der Waals surface area contributed by atoms with E-state index in [0.29, 0.717) is 11.3 Å². The second kappa shape index (κ2) is 6.16. The number of anilines is 1. The molecule has 1 aliphatic rings. The van der Waals surface area contributed by atoms with E-state index < -0.39 is 6.43 Å². The van der Waals surface area contributed by atoms with Crippen LogP contribution in [0.4, 0.5) is 14.5 Å². The molecule has 24 heavy (non-hydrogen) atoms. The summed E-state index contributed by atoms with van der Waals surface area (Å²) < 4.78 is 27.4. The number of imidazole rings is 1. The van der Waals surface area contributed by atoms with Crippen LogP contribution in [0.25, 0.3) is 16.9 Å². The Bertz CT molecular complexity index is 855. The molecule has 1 saturated heterocycles. The minimum absolute atomic E-state index is 0.250. The molecule has 0 atom stereocenters. The highest BCUT2D eigenvalue weighted by atomic mass is 19.3. The molecular formula is C17H17F2N5. The quantitative estimate of drug-likeness (QED) is 0.803. The molecule has 3 heterocycles. The van der Waals surface area contributed by atoms with Crippen LogP contribution in [-0.2, 0) is 0 Å². The van der Waals surface area contributed by atoms with Gasteiger partial charge >= 0.3 is 0 Å². The van der Waals surface area contributed by atoms with Crippen molar-refractivity contribution >= 4 is 11.3 Å². The van der Waals surface area contributed by atoms with Crippen molar-refractivity contribution in [2.75, 3.05) is 31.1 Å². The Kier molecular flexibility index (Phi) is 3.86. The summed E-state index contributed by atoms with van der Waals surface area (Å²) in [5.74, 6) is 0. The Morgan fingerprint density at radius 1 is 1.08 bits per heavy atom. The largest absolute Gasteiger partial charge is 0.369 e. The predicted octanol–water partition coefficient (Wildman–Crippen LogP) is 2.74. The second-order valence-corrected chi connectivity index (χ2v) is 5.76. The lowest BCUT2D eigenvalue weighted by Crippen LogP contribution is -2.43. The number of hydrogen-bond acceptors (Lipinski definition) is 4. The normalized spacial score (nSPS) is 15.4. The number of piperazine rings is 1. The van der Waals surface area contributed by atoms with Gasteiger partial charge in [0.2, 0.25) is 0 Å². The van der Waals surface area contributed by atoms with Crippen molar-refractivity contribution in [3.63, 3.8) is 0 Å². The van der Waals surface area contributed by atoms with E-state index in [2.05, 4.69) is 32.4 Å². The molecule has 3 aromatic rings. The van der Waals surface area contributed by atoms with Gasteiger partial charge in [-0.05, 0) is 24.3 Å². The fourth-order valence-electron chi connectivity index (χ4n) is 2.99. The lowest BCUT2D eigenvalue weighted by atomic mass is 10.1. The van der Waals surface area contributed by atoms with Crippen molar-refractivity contribution in [1.82, 2.24) is 19.9 Å². The molecule has 1 N–H and O–H groups in total. The van der Waals surface area contributed by atoms with Gasteiger partial charge < -0.3 is 10.2 Å². The lowest BCUT2D eigenvalue weighted by Gasteiger charge is -2.29. The summed E-state index contributed by atoms with van der Waals surface area (Å²) in [7, 11) is 0. The molecule has 1 fully saturated rings. The first kappa shape index (κ1) is 15.0. The molecular weight excluding hydrogens is 312 g/mol. The fourth-order valence-corrected chi connectivity index (χ4v) is 2.99. The highest BCUT2D eigenvalue weighted by Crippen LogP contribution is 2.26. The number of hydrogen-bond donors (Lipinski definition) is 1. The number of fused-ring (bicyclic) bond motifs is 1. The van der Waals surface area contributed by atoms with Gasteiger partial charge in [0.05, 0.1) is 11.9 Å². The number of halogens is 2. The molecule has 124 valence electrons. The average Bonchev–Trinajstić information content (AvgIpc) is 3.05. The highest BCUT2D eigenvalue weighted by molar-refractivity contribution is 5.68. The van der Waals surface area contributed by atoms with Gasteiger partial charge in [-0.25, -0.2) is 18.3 Å². The third-order valence-electron chi connectivity index (χ3n) is 4.23. The molecule has 0 saturated carbocycles. The van der Waals surface area contributed by atoms with Crippen LogP contribution in [0.5, 0.6) is 0 Å². The van der Waals surface area contributed by atoms with E-state index >= 15 is 0 Å². The number of benzene rings is 1. The molecule has 0 unspecified atom stereocenters. The number of nitrogens with zero attached hydrogens (tertiary/aromatic N) is 4. The topological polar surface area (TPSA) is 45.5 Å². The molecule has 0 bridgehead atoms. The SMILES string of the molecule is FC(F)c1ccc2ncc(-c3cccc(N4CCNCC4)c3)n2n1. The Morgan fingerprint density at radius 2 is 1.92 bits per heavy atom. The third-order valence-corrected chi connectivity index (χ3v) is 4.23. The summed E-state index contributed by atoms with van der Waals surface area (Å²) in [4.78, 5) is 6.58. The minimum Gasteiger partial charge on any atom is -0.369 e. The Morgan fingerprint density at radius 3 is 2.71 bits per heavy atom. The van der Waals surface area contributed by atoms with Crippen LogP contribution in [0.3, 0.4) is 0 Å². The number of nitrogens with one attached hydrogen (secondary N) is 1. The molecule has 0 spiro atoms. The third kappa shape index (κ3) is 2.71. The maximum Gasteiger partial charge on any atom is 0.282 e. The van der Waals surface area contributed by atoms with Crippen LogP contribution in [0, 0.1) is 0 Å². The standard InChI is InChI=1S/C17H17F2N5/c18-17(19)14-4-5-16-21-11-15(24(16)22-14)12-2-1-3-13(10-12)23-8-6-20-7-9-23/h1-5,10-11,17,20H,6-9H2. The van der Waals surface area contributed by atoms with Gasteiger partial charge in [0, 0.05) is 37.4 Å². The van der Waals surface area contributed by atoms with Crippen molar-refractivity contribution in [3.05, 3.63) is 48.3 Å². The monoisotopic (exact) mass is 329 g/mol. The van der Waals surface area contributed by atoms with Crippen LogP contribution in [-0.4, -0.2) is 40.8 Å². The van der Waals surface area contributed by atoms with E-state index in [4.69, 9.17) is 0 Å². The molecule has 1 aromatic carbocycles. The molecule has 7 heteroatoms. The van der Waals surface area contributed by atoms with Crippen molar-refractivity contribution < 1.29 is 8.78 Å². The van der Waals surface area contributed by atoms with Gasteiger partial charge in [-0.2, -0.15) is 5.10 Å². The zero-order valence-corrected chi connectivity index (χ0v) is 13.0. The van der Waals surface area contributed by atoms with Crippen LogP contribution >= 0.6 is 0 Å². The Hall–Kier alpha value is -2.54. The molecule has 1 aliphatic heterocycles. The fraction of sp³-hybridized carbons (Fsp3) is 0.294. The maximum atomic E-state index is 12.9. The van der Waals surface area contributed by atoms with E-state index in [0.717, 1.165) is 37.4 Å². The van der Waals surface area contributed by atoms with E-state index in [-0.39, 0.29) is 5.69 Å². The molecule has 0 radical (unpaired) electrons. The zero-order chi connectivity index (χ0) is 16.5. The van der Waals surface area contributed by atoms with Crippen LogP contribution in [0.2, 0.25) is 0 Å². The van der Waals surface area contributed by atoms with Gasteiger partial charge in [0.25, 0.3) is 6.43 Å². The summed E-state index contributed by atoms with van der Waals surface area (Å²) in [5, 5.41) is 7.36. The number of alkyl halides is 2. The number of rotatable bonds is 3. The molecule has 4 rings (SSSR count). The van der Waals surface area contributed by atoms with Gasteiger partial charge in [-0.1, -0.05) is 12.1 Å². The van der Waals surface area contributed by atoms with Crippen molar-refractivity contribution in [2.24, 2.45) is 0 Å². The highest BCUT2D eigenvalue weighted by Gasteiger charge is 2.15. The molecule has 2 aromatic heterocycles. The summed E-state index contributed by atoms with van der Waals surface area (Å²) in [6, 6.07) is 10.9. The van der Waals surface area contributed by atoms with E-state index in [1.165, 1.54) is 10.6 Å². The number of aromatic nitrogens is 3. The second-order valence-electron chi connectivity index (χ2n) is 5.76. The van der Waals surface area contributed by atoms with Crippen LogP contribution in [0.15, 0.2) is 42.6 Å². The summed E-state index contributed by atoms with van der Waals surface area (Å²) in [6.07, 6.45) is -0.925. The van der Waals surface area contributed by atoms with Gasteiger partial charge in [0.15, 0.2) is 5.65 Å². The summed E-state index contributed by atoms with van der Waals surface area (Å²) in [6.45, 7) is 3.81. The van der Waals surface area contributed by atoms with Crippen molar-refractivity contribution in [2.45, 2.75) is 6.43 Å². The van der Waals surface area contributed by atoms with Crippen molar-refractivity contribution in [3.8, 4) is 11.3 Å². The van der Waals surface area contributed by atoms with Crippen LogP contribution in [0.1, 0.15) is 12.1 Å². The minimum atomic E-state index is -2.60. The smallest absolute Gasteiger partial charge is 0.282 e. The average molecular weight is 329 g/mol. The van der Waals surface area contributed by atoms with E-state index in [1.807, 2.05) is 12.1 Å². The molecule has 0 aliphatic carbocycles. The van der Waals surface area contributed by atoms with E-state index in [9.17, 15) is 8.78 Å². The van der Waals surface area contributed by atoms with Crippen LogP contribution < -0.4 is 10.2 Å². The zero-order valence-electron chi connectivity index (χ0n) is 13.0. The van der Waals surface area contributed by atoms with Crippen molar-refractivity contribution in [1.29, 1.82) is 0 Å². The first-order valence-corrected chi connectivity index (χ1v) is 7.91. The summed E-state index contributed by atoms with van der Waals surface area (Å²) >= 11 is 0. The molecule has 0 amide bonds. The van der Waals surface area contributed by atoms with Gasteiger partial charge in [-0.15, -0.1) is 0 Å². The Balaban J connectivity index is 1.75. The lowest BCUT2D eigenvalue weighted by molar-refractivity contribution is 0.144. The van der Waals surface area contributed by atoms with Gasteiger partial charge in [-0.3, -0.25) is 0 Å². The first-order valence-electron chi connectivity index (χ1n) is 7.91. The summed E-state index contributed by atoms with van der Waals surface area (Å²) in [5.41, 5.74) is 3.05. The van der Waals surface area contributed by atoms with Gasteiger partial charge in [0.1, 0.15) is 5.69 Å². The van der Waals surface area contributed by atoms with E-state index in [1.54, 1.807) is 12.3 Å². The Labute approximate surface area is 137 Å². The predicted molar refractivity (Wildman–Crippen MR) is 88.5 cm³/mol. The first-order chi connectivity index (χ1) is 11.7. The molecule has 5 nitrogen and oxygen atoms in total.